The number of aromatic nitrogens is 1. The summed E-state index contributed by atoms with van der Waals surface area (Å²) < 4.78 is 8.13. The fourth-order valence-electron chi connectivity index (χ4n) is 13.4. The van der Waals surface area contributed by atoms with Crippen LogP contribution in [0.25, 0.3) is 90.1 Å². The minimum Gasteiger partial charge on any atom is -0.376 e. The molecule has 1 aliphatic carbocycles. The number of hydrogen-bond acceptors (Lipinski definition) is 3. The first-order valence-electron chi connectivity index (χ1n) is 26.7. The standard InChI is InChI=1S/C66H61BN2S2/c1-7-9-11-17-40-23-27-43(28-24-40)69-57-37-50-49-36-52-53(66(5,6)32-31-65(52,3)4)39-61(49)71-60(50)38-48(57)51-35-47(42-26-29-45-44-19-14-16-22-58(44)70-59(45)34-42)62-46-20-13-15-21-55(46)68-56-30-25-41(18-12-10-8-2)33-54(56)67(69)63(51)64(62)68/h13-16,19-30,33-39H,7-12,17-18,31-32H2,1-6H3. The lowest BCUT2D eigenvalue weighted by Crippen LogP contribution is -2.60. The highest BCUT2D eigenvalue weighted by molar-refractivity contribution is 7.26. The Kier molecular flexibility index (Phi) is 9.95. The van der Waals surface area contributed by atoms with Crippen molar-refractivity contribution in [2.45, 2.75) is 117 Å². The normalized spacial score (nSPS) is 15.4. The molecule has 5 heteroatoms. The van der Waals surface area contributed by atoms with Gasteiger partial charge in [-0.1, -0.05) is 140 Å². The van der Waals surface area contributed by atoms with E-state index in [9.17, 15) is 0 Å². The molecule has 0 saturated carbocycles. The Balaban J connectivity index is 1.10. The van der Waals surface area contributed by atoms with Gasteiger partial charge in [0, 0.05) is 73.7 Å². The van der Waals surface area contributed by atoms with Gasteiger partial charge in [0.15, 0.2) is 0 Å². The molecule has 8 aromatic carbocycles. The van der Waals surface area contributed by atoms with Crippen molar-refractivity contribution >= 4 is 114 Å². The number of benzene rings is 8. The van der Waals surface area contributed by atoms with Crippen LogP contribution in [0.1, 0.15) is 115 Å². The molecule has 2 aliphatic heterocycles. The molecule has 0 N–H and O–H groups in total. The predicted molar refractivity (Wildman–Crippen MR) is 313 cm³/mol. The molecule has 0 unspecified atom stereocenters. The number of hydrogen-bond donors (Lipinski definition) is 0. The Morgan fingerprint density at radius 2 is 1.15 bits per heavy atom. The van der Waals surface area contributed by atoms with Crippen LogP contribution in [0.5, 0.6) is 0 Å². The molecule has 5 heterocycles. The first-order valence-corrected chi connectivity index (χ1v) is 28.3. The van der Waals surface area contributed by atoms with Crippen molar-refractivity contribution in [2.75, 3.05) is 4.81 Å². The van der Waals surface area contributed by atoms with E-state index in [1.807, 2.05) is 22.7 Å². The highest BCUT2D eigenvalue weighted by Crippen LogP contribution is 2.53. The van der Waals surface area contributed by atoms with Crippen LogP contribution in [0.3, 0.4) is 0 Å². The van der Waals surface area contributed by atoms with Crippen LogP contribution < -0.4 is 15.7 Å². The highest BCUT2D eigenvalue weighted by Gasteiger charge is 2.45. The van der Waals surface area contributed by atoms with Gasteiger partial charge in [-0.25, -0.2) is 0 Å². The first-order chi connectivity index (χ1) is 34.6. The average Bonchev–Trinajstić information content (AvgIpc) is 4.06. The van der Waals surface area contributed by atoms with Crippen molar-refractivity contribution in [2.24, 2.45) is 0 Å². The fraction of sp³-hybridized carbons (Fsp3) is 0.273. The maximum Gasteiger partial charge on any atom is 0.333 e. The first kappa shape index (κ1) is 43.6. The van der Waals surface area contributed by atoms with Crippen LogP contribution in [0, 0.1) is 0 Å². The van der Waals surface area contributed by atoms with E-state index >= 15 is 0 Å². The summed E-state index contributed by atoms with van der Waals surface area (Å²) >= 11 is 3.92. The van der Waals surface area contributed by atoms with E-state index in [4.69, 9.17) is 0 Å². The van der Waals surface area contributed by atoms with Crippen molar-refractivity contribution < 1.29 is 0 Å². The van der Waals surface area contributed by atoms with Crippen molar-refractivity contribution in [1.82, 2.24) is 4.57 Å². The average molecular weight is 957 g/mol. The van der Waals surface area contributed by atoms with Gasteiger partial charge in [0.1, 0.15) is 0 Å². The smallest absolute Gasteiger partial charge is 0.333 e. The minimum atomic E-state index is -0.0298. The fourth-order valence-corrected chi connectivity index (χ4v) is 15.7. The lowest BCUT2D eigenvalue weighted by molar-refractivity contribution is 0.332. The van der Waals surface area contributed by atoms with Gasteiger partial charge in [0.25, 0.3) is 0 Å². The zero-order valence-electron chi connectivity index (χ0n) is 42.1. The molecule has 2 nitrogen and oxygen atoms in total. The quantitative estimate of drug-likeness (QED) is 0.0979. The number of nitrogens with zero attached hydrogens (tertiary/aromatic N) is 2. The molecule has 0 fully saturated rings. The lowest BCUT2D eigenvalue weighted by Gasteiger charge is -2.42. The third-order valence-corrected chi connectivity index (χ3v) is 19.5. The number of anilines is 2. The third-order valence-electron chi connectivity index (χ3n) is 17.3. The van der Waals surface area contributed by atoms with Crippen LogP contribution in [-0.4, -0.2) is 11.4 Å². The van der Waals surface area contributed by atoms with Gasteiger partial charge in [0.05, 0.1) is 11.0 Å². The molecule has 3 aliphatic rings. The topological polar surface area (TPSA) is 8.17 Å². The van der Waals surface area contributed by atoms with Gasteiger partial charge in [0.2, 0.25) is 0 Å². The van der Waals surface area contributed by atoms with Crippen molar-refractivity contribution in [3.63, 3.8) is 0 Å². The van der Waals surface area contributed by atoms with Gasteiger partial charge < -0.3 is 9.38 Å². The maximum atomic E-state index is 2.78. The number of fused-ring (bicyclic) bond motifs is 15. The summed E-state index contributed by atoms with van der Waals surface area (Å²) in [6.45, 7) is 14.5. The molecule has 0 atom stereocenters. The van der Waals surface area contributed by atoms with Gasteiger partial charge in [-0.05, 0) is 166 Å². The summed E-state index contributed by atoms with van der Waals surface area (Å²) in [7, 11) is 0. The van der Waals surface area contributed by atoms with Crippen molar-refractivity contribution in [3.05, 3.63) is 162 Å². The Morgan fingerprint density at radius 1 is 0.507 bits per heavy atom. The zero-order chi connectivity index (χ0) is 47.9. The number of thiophene rings is 2. The van der Waals surface area contributed by atoms with E-state index in [1.54, 1.807) is 0 Å². The van der Waals surface area contributed by atoms with E-state index in [0.717, 1.165) is 12.8 Å². The van der Waals surface area contributed by atoms with Crippen molar-refractivity contribution in [3.8, 4) is 27.9 Å². The van der Waals surface area contributed by atoms with Crippen LogP contribution in [0.2, 0.25) is 0 Å². The number of aryl methyl sites for hydroxylation is 2. The lowest BCUT2D eigenvalue weighted by atomic mass is 9.43. The van der Waals surface area contributed by atoms with Gasteiger partial charge in [-0.3, -0.25) is 0 Å². The van der Waals surface area contributed by atoms with Gasteiger partial charge >= 0.3 is 6.85 Å². The molecule has 0 saturated heterocycles. The molecule has 0 spiro atoms. The monoisotopic (exact) mass is 956 g/mol. The molecular weight excluding hydrogens is 896 g/mol. The highest BCUT2D eigenvalue weighted by atomic mass is 32.1. The van der Waals surface area contributed by atoms with Gasteiger partial charge in [-0.2, -0.15) is 0 Å². The predicted octanol–water partition coefficient (Wildman–Crippen LogP) is 18.2. The summed E-state index contributed by atoms with van der Waals surface area (Å²) in [4.78, 5) is 2.78. The summed E-state index contributed by atoms with van der Waals surface area (Å²) in [5.74, 6) is 0. The van der Waals surface area contributed by atoms with E-state index in [0.29, 0.717) is 0 Å². The van der Waals surface area contributed by atoms with Crippen LogP contribution in [-0.2, 0) is 23.7 Å². The number of unbranched alkanes of at least 4 members (excludes halogenated alkanes) is 4. The Labute approximate surface area is 427 Å². The third kappa shape index (κ3) is 6.57. The maximum absolute atomic E-state index is 2.78. The molecule has 0 bridgehead atoms. The van der Waals surface area contributed by atoms with Crippen LogP contribution in [0.15, 0.2) is 140 Å². The van der Waals surface area contributed by atoms with Crippen molar-refractivity contribution in [1.29, 1.82) is 0 Å². The second-order valence-electron chi connectivity index (χ2n) is 22.6. The zero-order valence-corrected chi connectivity index (χ0v) is 43.8. The molecule has 0 amide bonds. The molecule has 71 heavy (non-hydrogen) atoms. The van der Waals surface area contributed by atoms with E-state index < -0.39 is 0 Å². The SMILES string of the molecule is CCCCCc1ccc(N2B3c4cc(CCCCC)ccc4-n4c5ccccc5c5c(-c6ccc7c(c6)sc6ccccc67)cc(c3c54)-c3cc4sc5cc6c(cc5c4cc32)C(C)(C)CCC6(C)C)cc1. The molecule has 0 radical (unpaired) electrons. The second-order valence-corrected chi connectivity index (χ2v) is 24.8. The summed E-state index contributed by atoms with van der Waals surface area (Å²) in [6.07, 6.45) is 12.1. The van der Waals surface area contributed by atoms with E-state index in [2.05, 4.69) is 190 Å². The molecular formula is C66H61BN2S2. The van der Waals surface area contributed by atoms with Crippen LogP contribution in [0.4, 0.5) is 11.4 Å². The van der Waals surface area contributed by atoms with E-state index in [-0.39, 0.29) is 17.7 Å². The molecule has 350 valence electrons. The van der Waals surface area contributed by atoms with E-state index in [1.165, 1.54) is 186 Å². The summed E-state index contributed by atoms with van der Waals surface area (Å²) in [5, 5.41) is 8.15. The second kappa shape index (κ2) is 16.2. The summed E-state index contributed by atoms with van der Waals surface area (Å²) in [6, 6.07) is 55.8. The van der Waals surface area contributed by atoms with Crippen LogP contribution >= 0.6 is 22.7 Å². The largest absolute Gasteiger partial charge is 0.376 e. The number of rotatable bonds is 10. The summed E-state index contributed by atoms with van der Waals surface area (Å²) in [5.41, 5.74) is 20.9. The molecule has 14 rings (SSSR count). The Bertz CT molecular complexity index is 3990. The Morgan fingerprint density at radius 3 is 1.94 bits per heavy atom. The Hall–Kier alpha value is -6.14. The van der Waals surface area contributed by atoms with Gasteiger partial charge in [-0.15, -0.1) is 22.7 Å². The molecule has 3 aromatic heterocycles. The number of para-hydroxylation sites is 1. The molecule has 11 aromatic rings. The minimum absolute atomic E-state index is 0.0298.